The maximum absolute atomic E-state index is 13.3. The minimum Gasteiger partial charge on any atom is -0.258 e. The molecule has 3 nitrogen and oxygen atoms in total. The van der Waals surface area contributed by atoms with Crippen molar-refractivity contribution in [3.8, 4) is 0 Å². The van der Waals surface area contributed by atoms with E-state index in [1.54, 1.807) is 0 Å². The molecular weight excluding hydrogens is 523 g/mol. The third-order valence-electron chi connectivity index (χ3n) is 1.68. The quantitative estimate of drug-likeness (QED) is 0.0841. The van der Waals surface area contributed by atoms with Crippen LogP contribution in [0.1, 0.15) is 0 Å². The smallest absolute Gasteiger partial charge is 0.258 e. The minimum atomic E-state index is -2.28. The lowest BCUT2D eigenvalue weighted by molar-refractivity contribution is -0.406. The van der Waals surface area contributed by atoms with Crippen LogP contribution >= 0.6 is 56.9 Å². The molecule has 0 bridgehead atoms. The van der Waals surface area contributed by atoms with Gasteiger partial charge in [0.25, 0.3) is 0 Å². The molecule has 19 heavy (non-hydrogen) atoms. The number of thioether (sulfide) groups is 1. The Kier molecular flexibility index (Phi) is 5.78. The Morgan fingerprint density at radius 3 is 1.68 bits per heavy atom. The topological polar surface area (TPSA) is 43.1 Å². The molecule has 0 aromatic heterocycles. The molecule has 0 aliphatic carbocycles. The van der Waals surface area contributed by atoms with Crippen LogP contribution in [0.15, 0.2) is 11.5 Å². The molecular formula is C8F5I2NO2S. The summed E-state index contributed by atoms with van der Waals surface area (Å²) < 4.78 is 64.4. The predicted molar refractivity (Wildman–Crippen MR) is 74.1 cm³/mol. The molecule has 0 aliphatic heterocycles. The molecule has 0 aliphatic rings. The van der Waals surface area contributed by atoms with Gasteiger partial charge in [-0.15, -0.1) is 0 Å². The zero-order chi connectivity index (χ0) is 14.9. The molecule has 0 amide bonds. The van der Waals surface area contributed by atoms with Crippen LogP contribution in [0.5, 0.6) is 0 Å². The first-order valence-electron chi connectivity index (χ1n) is 4.07. The third-order valence-corrected chi connectivity index (χ3v) is 6.12. The summed E-state index contributed by atoms with van der Waals surface area (Å²) >= 11 is 2.74. The molecule has 0 saturated heterocycles. The lowest BCUT2D eigenvalue weighted by Gasteiger charge is -2.06. The molecule has 1 aromatic carbocycles. The second-order valence-corrected chi connectivity index (χ2v) is 6.68. The van der Waals surface area contributed by atoms with E-state index in [0.29, 0.717) is 0 Å². The Labute approximate surface area is 134 Å². The number of hydrogen-bond acceptors (Lipinski definition) is 3. The van der Waals surface area contributed by atoms with Gasteiger partial charge in [0.1, 0.15) is 2.91 Å². The molecule has 0 saturated carbocycles. The van der Waals surface area contributed by atoms with Gasteiger partial charge in [-0.05, 0) is 22.6 Å². The summed E-state index contributed by atoms with van der Waals surface area (Å²) in [6.45, 7) is 0. The van der Waals surface area contributed by atoms with Crippen molar-refractivity contribution in [3.05, 3.63) is 45.8 Å². The second kappa shape index (κ2) is 6.51. The van der Waals surface area contributed by atoms with Crippen molar-refractivity contribution in [2.45, 2.75) is 4.90 Å². The summed E-state index contributed by atoms with van der Waals surface area (Å²) in [4.78, 5) is 8.39. The Balaban J connectivity index is 3.39. The zero-order valence-electron chi connectivity index (χ0n) is 8.32. The van der Waals surface area contributed by atoms with Crippen LogP contribution in [0.4, 0.5) is 22.0 Å². The summed E-state index contributed by atoms with van der Waals surface area (Å²) in [6.07, 6.45) is 0. The molecule has 11 heteroatoms. The standard InChI is InChI=1S/C8F5I2NO2S/c9-1-2(10)4(12)6(5(13)3(1)11)19-8(15)7(14)16(17)18. The highest BCUT2D eigenvalue weighted by atomic mass is 127. The van der Waals surface area contributed by atoms with Crippen LogP contribution in [0.3, 0.4) is 0 Å². The van der Waals surface area contributed by atoms with Gasteiger partial charge in [0, 0.05) is 22.6 Å². The molecule has 104 valence electrons. The summed E-state index contributed by atoms with van der Waals surface area (Å²) in [5.41, 5.74) is 0. The fourth-order valence-electron chi connectivity index (χ4n) is 0.878. The first-order valence-corrected chi connectivity index (χ1v) is 7.04. The number of hydrogen-bond donors (Lipinski definition) is 0. The lowest BCUT2D eigenvalue weighted by atomic mass is 10.3. The highest BCUT2D eigenvalue weighted by molar-refractivity contribution is 14.1. The molecule has 0 atom stereocenters. The van der Waals surface area contributed by atoms with Crippen LogP contribution in [0.2, 0.25) is 0 Å². The number of halogens is 7. The normalized spacial score (nSPS) is 12.4. The molecule has 0 unspecified atom stereocenters. The summed E-state index contributed by atoms with van der Waals surface area (Å²) in [5, 5.41) is 10.4. The Hall–Kier alpha value is -0.180. The van der Waals surface area contributed by atoms with Gasteiger partial charge in [0.2, 0.25) is 5.82 Å². The van der Waals surface area contributed by atoms with Crippen molar-refractivity contribution in [2.24, 2.45) is 0 Å². The maximum atomic E-state index is 13.3. The number of nitrogens with zero attached hydrogens (tertiary/aromatic N) is 1. The predicted octanol–water partition coefficient (Wildman–Crippen LogP) is 4.75. The van der Waals surface area contributed by atoms with Gasteiger partial charge in [0.15, 0.2) is 23.3 Å². The zero-order valence-corrected chi connectivity index (χ0v) is 13.4. The van der Waals surface area contributed by atoms with Gasteiger partial charge in [-0.1, -0.05) is 11.8 Å². The van der Waals surface area contributed by atoms with Gasteiger partial charge in [-0.3, -0.25) is 10.1 Å². The SMILES string of the molecule is O=[N+]([O-])C(I)=C(I)Sc1c(F)c(F)c(F)c(F)c1F. The van der Waals surface area contributed by atoms with E-state index in [2.05, 4.69) is 0 Å². The van der Waals surface area contributed by atoms with E-state index in [0.717, 1.165) is 0 Å². The highest BCUT2D eigenvalue weighted by Crippen LogP contribution is 2.40. The van der Waals surface area contributed by atoms with Crippen molar-refractivity contribution in [2.75, 3.05) is 0 Å². The lowest BCUT2D eigenvalue weighted by Crippen LogP contribution is -2.03. The van der Waals surface area contributed by atoms with Crippen molar-refractivity contribution in [3.63, 3.8) is 0 Å². The first-order chi connectivity index (χ1) is 8.68. The largest absolute Gasteiger partial charge is 0.323 e. The van der Waals surface area contributed by atoms with Gasteiger partial charge < -0.3 is 0 Å². The van der Waals surface area contributed by atoms with Crippen LogP contribution in [0, 0.1) is 39.2 Å². The van der Waals surface area contributed by atoms with Crippen LogP contribution < -0.4 is 0 Å². The summed E-state index contributed by atoms with van der Waals surface area (Å²) in [6, 6.07) is 0. The minimum absolute atomic E-state index is 0.0907. The van der Waals surface area contributed by atoms with Crippen LogP contribution in [-0.4, -0.2) is 4.92 Å². The van der Waals surface area contributed by atoms with Gasteiger partial charge >= 0.3 is 3.70 Å². The molecule has 1 rings (SSSR count). The van der Waals surface area contributed by atoms with E-state index < -0.39 is 42.6 Å². The number of benzene rings is 1. The number of rotatable bonds is 3. The summed E-state index contributed by atoms with van der Waals surface area (Å²) in [5.74, 6) is -10.5. The number of nitro groups is 1. The fourth-order valence-corrected chi connectivity index (χ4v) is 2.76. The molecule has 0 spiro atoms. The van der Waals surface area contributed by atoms with Crippen molar-refractivity contribution < 1.29 is 26.9 Å². The van der Waals surface area contributed by atoms with E-state index in [1.807, 2.05) is 0 Å². The van der Waals surface area contributed by atoms with E-state index in [-0.39, 0.29) is 14.7 Å². The molecule has 0 heterocycles. The molecule has 0 radical (unpaired) electrons. The average molecular weight is 523 g/mol. The monoisotopic (exact) mass is 523 g/mol. The van der Waals surface area contributed by atoms with Gasteiger partial charge in [0.05, 0.1) is 9.82 Å². The molecule has 0 N–H and O–H groups in total. The second-order valence-electron chi connectivity index (χ2n) is 2.82. The van der Waals surface area contributed by atoms with Crippen LogP contribution in [0.25, 0.3) is 0 Å². The Morgan fingerprint density at radius 1 is 0.947 bits per heavy atom. The molecule has 0 fully saturated rings. The highest BCUT2D eigenvalue weighted by Gasteiger charge is 2.28. The maximum Gasteiger partial charge on any atom is 0.323 e. The first kappa shape index (κ1) is 16.9. The van der Waals surface area contributed by atoms with Crippen molar-refractivity contribution in [1.82, 2.24) is 0 Å². The van der Waals surface area contributed by atoms with Crippen LogP contribution in [-0.2, 0) is 0 Å². The fraction of sp³-hybridized carbons (Fsp3) is 0. The van der Waals surface area contributed by atoms with E-state index in [4.69, 9.17) is 0 Å². The van der Waals surface area contributed by atoms with Gasteiger partial charge in [-0.2, -0.15) is 0 Å². The Morgan fingerprint density at radius 2 is 1.32 bits per heavy atom. The third kappa shape index (κ3) is 3.48. The van der Waals surface area contributed by atoms with E-state index >= 15 is 0 Å². The molecule has 1 aromatic rings. The van der Waals surface area contributed by atoms with Crippen molar-refractivity contribution in [1.29, 1.82) is 0 Å². The Bertz CT molecular complexity index is 566. The van der Waals surface area contributed by atoms with Crippen molar-refractivity contribution >= 4 is 56.9 Å². The van der Waals surface area contributed by atoms with E-state index in [1.165, 1.54) is 45.2 Å². The summed E-state index contributed by atoms with van der Waals surface area (Å²) in [7, 11) is 0. The average Bonchev–Trinajstić information content (AvgIpc) is 2.37. The van der Waals surface area contributed by atoms with Gasteiger partial charge in [-0.25, -0.2) is 22.0 Å². The van der Waals surface area contributed by atoms with E-state index in [9.17, 15) is 32.1 Å².